The largest absolute Gasteiger partial charge is 0.492 e. The minimum absolute atomic E-state index is 0.0616. The summed E-state index contributed by atoms with van der Waals surface area (Å²) in [7, 11) is -4.64. The van der Waals surface area contributed by atoms with Gasteiger partial charge in [-0.3, -0.25) is 39.5 Å². The SMILES string of the molecule is CC1(C)CCC(CN2CCN(c3ccc(C(=O)NS(=O)(=O)c4ccc(NCC5CCC(NCCOc6cccc7c6CN(C6CCC(=O)NC6=O)C7=O)CC5)c([N+](=O)[O-])c4)c(Oc4cnc5[nH]ccc5c4)c3)CC2)=C(c2ccc(Cl)cc2)C1. The zero-order valence-corrected chi connectivity index (χ0v) is 48.0. The highest BCUT2D eigenvalue weighted by Crippen LogP contribution is 2.44. The van der Waals surface area contributed by atoms with Crippen LogP contribution in [0, 0.1) is 21.4 Å². The molecule has 20 nitrogen and oxygen atoms in total. The fourth-order valence-corrected chi connectivity index (χ4v) is 13.2. The maximum atomic E-state index is 14.2. The third kappa shape index (κ3) is 13.0. The van der Waals surface area contributed by atoms with Gasteiger partial charge in [-0.25, -0.2) is 18.1 Å². The molecule has 1 atom stereocenters. The molecule has 6 aromatic rings. The van der Waals surface area contributed by atoms with Gasteiger partial charge in [0.25, 0.3) is 27.5 Å². The smallest absolute Gasteiger partial charge is 0.293 e. The van der Waals surface area contributed by atoms with Crippen LogP contribution >= 0.6 is 11.6 Å². The quantitative estimate of drug-likeness (QED) is 0.0219. The van der Waals surface area contributed by atoms with Crippen LogP contribution < -0.4 is 35.0 Å². The van der Waals surface area contributed by atoms with Crippen LogP contribution in [0.1, 0.15) is 103 Å². The van der Waals surface area contributed by atoms with E-state index in [2.05, 4.69) is 66.4 Å². The number of nitrogens with zero attached hydrogens (tertiary/aromatic N) is 5. The van der Waals surface area contributed by atoms with Crippen LogP contribution in [0.3, 0.4) is 0 Å². The van der Waals surface area contributed by atoms with Crippen molar-refractivity contribution in [1.82, 2.24) is 35.1 Å². The van der Waals surface area contributed by atoms with Gasteiger partial charge in [0.2, 0.25) is 11.8 Å². The van der Waals surface area contributed by atoms with E-state index in [0.717, 1.165) is 92.3 Å². The number of allylic oxidation sites excluding steroid dienone is 1. The van der Waals surface area contributed by atoms with Crippen molar-refractivity contribution in [1.29, 1.82) is 0 Å². The molecule has 1 saturated carbocycles. The summed E-state index contributed by atoms with van der Waals surface area (Å²) >= 11 is 6.27. The Labute approximate surface area is 486 Å². The van der Waals surface area contributed by atoms with E-state index in [4.69, 9.17) is 21.1 Å². The maximum Gasteiger partial charge on any atom is 0.293 e. The standard InChI is InChI=1S/C61H67ClN10O10S/c1-61(2)22-20-41(49(33-61)39-8-10-42(62)11-9-39)36-69-25-27-70(28-26-69)44-14-16-48(55(31-44)82-45-30-40-21-23-64-57(40)66-35-45)58(74)68-83(79,80)46-15-17-51(53(32-46)72(77)78)65-34-38-6-12-43(13-7-38)63-24-29-81-54-5-3-4-47-50(54)37-71(60(47)76)52-18-19-56(73)67-59(52)75/h3-5,8-11,14-17,21,23,30-32,35,38,43,52,63,65H,6-7,12-13,18-20,22,24-29,33-34,36-37H2,1-2H3,(H,64,66)(H,68,74)(H,67,73,75). The molecule has 3 fully saturated rings. The van der Waals surface area contributed by atoms with Gasteiger partial charge in [-0.1, -0.05) is 49.2 Å². The molecule has 2 aromatic heterocycles. The molecule has 1 unspecified atom stereocenters. The first kappa shape index (κ1) is 57.0. The number of hydrogen-bond donors (Lipinski definition) is 5. The Balaban J connectivity index is 0.693. The number of anilines is 2. The highest BCUT2D eigenvalue weighted by Gasteiger charge is 2.40. The number of aromatic nitrogens is 2. The molecule has 22 heteroatoms. The number of piperidine rings is 1. The number of rotatable bonds is 19. The van der Waals surface area contributed by atoms with Crippen molar-refractivity contribution in [2.75, 3.05) is 62.6 Å². The topological polar surface area (TPSA) is 251 Å². The lowest BCUT2D eigenvalue weighted by Gasteiger charge is -2.39. The number of amides is 4. The number of ether oxygens (including phenoxy) is 2. The summed E-state index contributed by atoms with van der Waals surface area (Å²) in [4.78, 5) is 76.7. The molecule has 0 spiro atoms. The summed E-state index contributed by atoms with van der Waals surface area (Å²) < 4.78 is 42.6. The van der Waals surface area contributed by atoms with Gasteiger partial charge in [-0.15, -0.1) is 0 Å². The molecular weight excluding hydrogens is 1100 g/mol. The molecule has 11 rings (SSSR count). The van der Waals surface area contributed by atoms with Gasteiger partial charge in [-0.2, -0.15) is 0 Å². The van der Waals surface area contributed by atoms with E-state index in [-0.39, 0.29) is 65.6 Å². The third-order valence-electron chi connectivity index (χ3n) is 16.8. The van der Waals surface area contributed by atoms with Crippen molar-refractivity contribution < 1.29 is 42.0 Å². The van der Waals surface area contributed by atoms with Gasteiger partial charge in [0.05, 0.1) is 28.1 Å². The molecule has 0 radical (unpaired) electrons. The molecule has 5 N–H and O–H groups in total. The van der Waals surface area contributed by atoms with Gasteiger partial charge in [0.15, 0.2) is 0 Å². The van der Waals surface area contributed by atoms with E-state index in [1.807, 2.05) is 24.3 Å². The number of piperazine rings is 1. The van der Waals surface area contributed by atoms with Gasteiger partial charge in [0, 0.05) is 104 Å². The first-order valence-corrected chi connectivity index (χ1v) is 30.2. The average Bonchev–Trinajstić information content (AvgIpc) is 4.23. The van der Waals surface area contributed by atoms with Crippen molar-refractivity contribution in [3.05, 3.63) is 146 Å². The molecular formula is C61H67ClN10O10S. The fourth-order valence-electron chi connectivity index (χ4n) is 12.1. The van der Waals surface area contributed by atoms with Crippen LogP contribution in [0.2, 0.25) is 5.02 Å². The molecule has 0 bridgehead atoms. The van der Waals surface area contributed by atoms with Crippen molar-refractivity contribution in [3.63, 3.8) is 0 Å². The van der Waals surface area contributed by atoms with Crippen molar-refractivity contribution in [2.24, 2.45) is 11.3 Å². The van der Waals surface area contributed by atoms with Gasteiger partial charge in [-0.05, 0) is 134 Å². The summed E-state index contributed by atoms with van der Waals surface area (Å²) in [5, 5.41) is 23.0. The molecule has 83 heavy (non-hydrogen) atoms. The number of carbonyl (C=O) groups excluding carboxylic acids is 4. The summed E-state index contributed by atoms with van der Waals surface area (Å²) in [6.07, 6.45) is 10.3. The monoisotopic (exact) mass is 1170 g/mol. The lowest BCUT2D eigenvalue weighted by Crippen LogP contribution is -2.52. The van der Waals surface area contributed by atoms with E-state index >= 15 is 0 Å². The van der Waals surface area contributed by atoms with Crippen LogP contribution in [0.25, 0.3) is 16.6 Å². The zero-order valence-electron chi connectivity index (χ0n) is 46.4. The molecule has 2 aliphatic carbocycles. The molecule has 5 heterocycles. The minimum atomic E-state index is -4.64. The highest BCUT2D eigenvalue weighted by atomic mass is 35.5. The van der Waals surface area contributed by atoms with Crippen LogP contribution in [-0.4, -0.2) is 121 Å². The number of aromatic amines is 1. The number of hydrogen-bond acceptors (Lipinski definition) is 15. The van der Waals surface area contributed by atoms with Gasteiger partial charge >= 0.3 is 0 Å². The number of H-pyrrole nitrogens is 1. The summed E-state index contributed by atoms with van der Waals surface area (Å²) in [5.41, 5.74) is 6.56. The maximum absolute atomic E-state index is 14.2. The van der Waals surface area contributed by atoms with Crippen LogP contribution in [0.5, 0.6) is 17.2 Å². The second-order valence-electron chi connectivity index (χ2n) is 23.0. The first-order valence-electron chi connectivity index (χ1n) is 28.3. The Morgan fingerprint density at radius 2 is 1.71 bits per heavy atom. The van der Waals surface area contributed by atoms with Crippen LogP contribution in [0.4, 0.5) is 17.1 Å². The molecule has 5 aliphatic rings. The molecule has 434 valence electrons. The van der Waals surface area contributed by atoms with Crippen LogP contribution in [-0.2, 0) is 26.2 Å². The van der Waals surface area contributed by atoms with E-state index in [9.17, 15) is 37.7 Å². The van der Waals surface area contributed by atoms with Crippen molar-refractivity contribution in [2.45, 2.75) is 95.2 Å². The predicted octanol–water partition coefficient (Wildman–Crippen LogP) is 9.22. The lowest BCUT2D eigenvalue weighted by molar-refractivity contribution is -0.384. The normalized spacial score (nSPS) is 20.3. The van der Waals surface area contributed by atoms with Crippen molar-refractivity contribution >= 4 is 78.9 Å². The van der Waals surface area contributed by atoms with E-state index in [0.29, 0.717) is 55.5 Å². The molecule has 4 aromatic carbocycles. The Morgan fingerprint density at radius 3 is 2.48 bits per heavy atom. The lowest BCUT2D eigenvalue weighted by atomic mass is 9.72. The van der Waals surface area contributed by atoms with Crippen molar-refractivity contribution in [3.8, 4) is 17.2 Å². The Morgan fingerprint density at radius 1 is 0.916 bits per heavy atom. The molecule has 3 aliphatic heterocycles. The summed E-state index contributed by atoms with van der Waals surface area (Å²) in [6, 6.07) is 25.1. The number of nitro benzene ring substituents is 1. The number of sulfonamides is 1. The number of nitro groups is 1. The third-order valence-corrected chi connectivity index (χ3v) is 18.4. The first-order chi connectivity index (χ1) is 39.9. The number of nitrogens with one attached hydrogen (secondary N) is 5. The Hall–Kier alpha value is -7.85. The van der Waals surface area contributed by atoms with E-state index in [1.165, 1.54) is 46.0 Å². The second kappa shape index (κ2) is 24.2. The molecule has 2 saturated heterocycles. The summed E-state index contributed by atoms with van der Waals surface area (Å²) in [5.74, 6) is -0.835. The number of fused-ring (bicyclic) bond motifs is 2. The number of carbonyl (C=O) groups is 4. The predicted molar refractivity (Wildman–Crippen MR) is 315 cm³/mol. The Bertz CT molecular complexity index is 3630. The zero-order chi connectivity index (χ0) is 58.0. The number of halogens is 1. The Kier molecular flexibility index (Phi) is 16.6. The fraction of sp³-hybridized carbons (Fsp3) is 0.393. The van der Waals surface area contributed by atoms with Gasteiger partial charge in [0.1, 0.15) is 41.2 Å². The van der Waals surface area contributed by atoms with E-state index in [1.54, 1.807) is 36.5 Å². The van der Waals surface area contributed by atoms with Crippen LogP contribution in [0.15, 0.2) is 114 Å². The van der Waals surface area contributed by atoms with Gasteiger partial charge < -0.3 is 34.9 Å². The molecule has 4 amide bonds. The van der Waals surface area contributed by atoms with E-state index < -0.39 is 43.4 Å². The average molecular weight is 1170 g/mol. The summed E-state index contributed by atoms with van der Waals surface area (Å²) in [6.45, 7) is 10.1. The number of pyridine rings is 1. The second-order valence-corrected chi connectivity index (χ2v) is 25.1. The number of benzene rings is 4. The highest BCUT2D eigenvalue weighted by molar-refractivity contribution is 7.90. The minimum Gasteiger partial charge on any atom is -0.492 e. The number of imide groups is 1.